The van der Waals surface area contributed by atoms with Crippen molar-refractivity contribution in [1.82, 2.24) is 0 Å². The maximum Gasteiger partial charge on any atom is 1.20 e. The molecule has 3 atom stereocenters. The summed E-state index contributed by atoms with van der Waals surface area (Å²) < 4.78 is 30.5. The van der Waals surface area contributed by atoms with Gasteiger partial charge in [-0.3, -0.25) is 28.8 Å². The van der Waals surface area contributed by atoms with E-state index in [-0.39, 0.29) is 38.5 Å². The summed E-state index contributed by atoms with van der Waals surface area (Å²) in [5.74, 6) is -8.50. The molecule has 0 fully saturated rings. The third kappa shape index (κ3) is 50.7. The van der Waals surface area contributed by atoms with Crippen LogP contribution in [0.3, 0.4) is 0 Å². The van der Waals surface area contributed by atoms with Crippen molar-refractivity contribution in [3.63, 3.8) is 0 Å². The first-order valence-corrected chi connectivity index (χ1v) is 34.1. The molecule has 0 aromatic rings. The summed E-state index contributed by atoms with van der Waals surface area (Å²) in [7, 11) is 0. The highest BCUT2D eigenvalue weighted by Crippen LogP contribution is 2.18. The second-order valence-corrected chi connectivity index (χ2v) is 23.8. The number of ether oxygens (including phenoxy) is 3. The van der Waals surface area contributed by atoms with Crippen LogP contribution >= 0.6 is 0 Å². The zero-order chi connectivity index (χ0) is 60.7. The van der Waals surface area contributed by atoms with Crippen LogP contribution in [0.5, 0.6) is 0 Å². The lowest BCUT2D eigenvalue weighted by molar-refractivity contribution is -0.162. The monoisotopic (exact) mass is 1180 g/mol. The van der Waals surface area contributed by atoms with Gasteiger partial charge in [0.15, 0.2) is 0 Å². The van der Waals surface area contributed by atoms with Crippen LogP contribution in [-0.2, 0) is 68.7 Å². The maximum absolute atomic E-state index is 13.0. The zero-order valence-electron chi connectivity index (χ0n) is 51.6. The Balaban J connectivity index is 5.04. The minimum absolute atomic E-state index is 0.0375. The molecule has 0 saturated carbocycles. The van der Waals surface area contributed by atoms with E-state index in [1.165, 1.54) is 154 Å². The largest absolute Gasteiger partial charge is 1.20 e. The van der Waals surface area contributed by atoms with Crippen LogP contribution in [0.15, 0.2) is 0 Å². The number of unbranched alkanes of at least 4 members (excludes halogenated alkanes) is 36. The van der Waals surface area contributed by atoms with Gasteiger partial charge in [0.05, 0.1) is 0 Å². The van der Waals surface area contributed by atoms with E-state index < -0.39 is 106 Å². The van der Waals surface area contributed by atoms with Gasteiger partial charge in [-0.25, -0.2) is 14.4 Å². The molecule has 0 aliphatic rings. The Morgan fingerprint density at radius 3 is 0.610 bits per heavy atom. The molecule has 6 N–H and O–H groups in total. The summed E-state index contributed by atoms with van der Waals surface area (Å²) in [6, 6.07) is -4.17. The second-order valence-electron chi connectivity index (χ2n) is 22.6. The number of nitrogens with two attached hydrogens (primary N) is 3. The molecule has 0 aromatic heterocycles. The Morgan fingerprint density at radius 2 is 0.427 bits per heavy atom. The van der Waals surface area contributed by atoms with Crippen LogP contribution in [0.25, 0.3) is 0 Å². The van der Waals surface area contributed by atoms with Gasteiger partial charge in [-0.1, -0.05) is 252 Å². The molecular formula is C63H114AlN3O15. The SMILES string of the molecule is CCCCCCCCCCCCCCCC(=O)OC(=O)[C@@H](N)CCC(=O)[O][Al]([O]C(=O)CC[C@H](N)C(=O)OC(=O)CCCCCCCCCCCCCCC)[O]C(=O)CC[C@H](N)C(=O)OC(=O)CCCCCCCCCCCCCCC. The molecular weight excluding hydrogens is 1070 g/mol. The number of rotatable bonds is 57. The van der Waals surface area contributed by atoms with E-state index in [0.717, 1.165) is 77.0 Å². The fraction of sp³-hybridized carbons (Fsp3) is 0.857. The molecule has 0 radical (unpaired) electrons. The third-order valence-corrected chi connectivity index (χ3v) is 16.0. The van der Waals surface area contributed by atoms with Crippen LogP contribution < -0.4 is 17.2 Å². The maximum atomic E-state index is 13.0. The summed E-state index contributed by atoms with van der Waals surface area (Å²) in [5, 5.41) is 0. The second kappa shape index (κ2) is 56.4. The summed E-state index contributed by atoms with van der Waals surface area (Å²) in [6.07, 6.45) is 41.8. The predicted molar refractivity (Wildman–Crippen MR) is 320 cm³/mol. The minimum atomic E-state index is -4.03. The first kappa shape index (κ1) is 78.2. The molecule has 82 heavy (non-hydrogen) atoms. The van der Waals surface area contributed by atoms with Crippen molar-refractivity contribution < 1.29 is 68.7 Å². The lowest BCUT2D eigenvalue weighted by Gasteiger charge is -2.16. The molecule has 0 spiro atoms. The Labute approximate surface area is 499 Å². The highest BCUT2D eigenvalue weighted by Gasteiger charge is 2.49. The number of carbonyl (C=O) groups is 9. The normalized spacial score (nSPS) is 12.2. The molecule has 0 aromatic carbocycles. The quantitative estimate of drug-likeness (QED) is 0.0168. The van der Waals surface area contributed by atoms with Crippen molar-refractivity contribution in [2.24, 2.45) is 17.2 Å². The fourth-order valence-corrected chi connectivity index (χ4v) is 10.5. The van der Waals surface area contributed by atoms with Crippen LogP contribution in [0.4, 0.5) is 0 Å². The van der Waals surface area contributed by atoms with Crippen molar-refractivity contribution in [3.05, 3.63) is 0 Å². The lowest BCUT2D eigenvalue weighted by atomic mass is 10.0. The molecule has 0 aliphatic heterocycles. The first-order chi connectivity index (χ1) is 39.6. The van der Waals surface area contributed by atoms with Gasteiger partial charge in [0, 0.05) is 38.5 Å². The predicted octanol–water partition coefficient (Wildman–Crippen LogP) is 13.6. The van der Waals surface area contributed by atoms with E-state index in [0.29, 0.717) is 19.3 Å². The Kier molecular flexibility index (Phi) is 53.8. The summed E-state index contributed by atoms with van der Waals surface area (Å²) in [6.45, 7) is 6.65. The van der Waals surface area contributed by atoms with Crippen LogP contribution in [-0.4, -0.2) is 87.0 Å². The standard InChI is InChI=1S/3C21H39NO5.Al/c3*1-2-3-4-5-6-7-8-9-10-11-12-13-14-15-20(25)27-21(26)18(22)16-17-19(23)24;/h3*18H,2-17,22H2,1H3,(H,23,24);/q;;;+3/p-3/t3*18-;/m000./s1. The number of hydrogen-bond acceptors (Lipinski definition) is 18. The smallest absolute Gasteiger partial charge is 0.551 e. The average molecular weight is 1180 g/mol. The van der Waals surface area contributed by atoms with Crippen molar-refractivity contribution in [2.75, 3.05) is 0 Å². The van der Waals surface area contributed by atoms with E-state index >= 15 is 0 Å². The van der Waals surface area contributed by atoms with Gasteiger partial charge >= 0.3 is 51.0 Å². The van der Waals surface area contributed by atoms with Crippen LogP contribution in [0.2, 0.25) is 0 Å². The Hall–Kier alpha value is -3.76. The molecule has 0 rings (SSSR count). The lowest BCUT2D eigenvalue weighted by Crippen LogP contribution is -2.38. The molecule has 0 unspecified atom stereocenters. The fourth-order valence-electron chi connectivity index (χ4n) is 9.32. The van der Waals surface area contributed by atoms with Gasteiger partial charge in [-0.2, -0.15) is 0 Å². The van der Waals surface area contributed by atoms with E-state index in [1.807, 2.05) is 0 Å². The van der Waals surface area contributed by atoms with Gasteiger partial charge in [0.1, 0.15) is 18.1 Å². The molecule has 0 aliphatic carbocycles. The van der Waals surface area contributed by atoms with Crippen molar-refractivity contribution in [3.8, 4) is 0 Å². The molecule has 474 valence electrons. The summed E-state index contributed by atoms with van der Waals surface area (Å²) in [4.78, 5) is 114. The van der Waals surface area contributed by atoms with Crippen molar-refractivity contribution in [1.29, 1.82) is 0 Å². The van der Waals surface area contributed by atoms with Gasteiger partial charge in [-0.05, 0) is 38.5 Å². The zero-order valence-corrected chi connectivity index (χ0v) is 52.8. The van der Waals surface area contributed by atoms with E-state index in [4.69, 9.17) is 42.8 Å². The topological polar surface area (TPSA) is 287 Å². The molecule has 0 amide bonds. The Bertz CT molecular complexity index is 1510. The van der Waals surface area contributed by atoms with Crippen LogP contribution in [0, 0.1) is 0 Å². The molecule has 0 heterocycles. The first-order valence-electron chi connectivity index (χ1n) is 32.7. The van der Waals surface area contributed by atoms with E-state index in [2.05, 4.69) is 20.8 Å². The van der Waals surface area contributed by atoms with E-state index in [1.54, 1.807) is 0 Å². The number of hydrogen-bond donors (Lipinski definition) is 3. The molecule has 0 saturated heterocycles. The van der Waals surface area contributed by atoms with Gasteiger partial charge in [0.25, 0.3) is 17.9 Å². The summed E-state index contributed by atoms with van der Waals surface area (Å²) in [5.41, 5.74) is 17.8. The minimum Gasteiger partial charge on any atom is -0.551 e. The average Bonchev–Trinajstić information content (AvgIpc) is 3.45. The number of esters is 6. The third-order valence-electron chi connectivity index (χ3n) is 14.7. The van der Waals surface area contributed by atoms with Crippen LogP contribution in [0.1, 0.15) is 329 Å². The molecule has 18 nitrogen and oxygen atoms in total. The van der Waals surface area contributed by atoms with E-state index in [9.17, 15) is 43.2 Å². The van der Waals surface area contributed by atoms with Gasteiger partial charge in [-0.15, -0.1) is 0 Å². The van der Waals surface area contributed by atoms with Crippen molar-refractivity contribution in [2.45, 2.75) is 347 Å². The summed E-state index contributed by atoms with van der Waals surface area (Å²) >= 11 is -4.03. The Morgan fingerprint density at radius 1 is 0.256 bits per heavy atom. The highest BCUT2D eigenvalue weighted by atomic mass is 27.3. The van der Waals surface area contributed by atoms with Gasteiger partial charge in [0.2, 0.25) is 0 Å². The number of carbonyl (C=O) groups excluding carboxylic acids is 9. The van der Waals surface area contributed by atoms with Gasteiger partial charge < -0.3 is 42.8 Å². The molecule has 19 heteroatoms. The molecule has 0 bridgehead atoms. The van der Waals surface area contributed by atoms with Crippen molar-refractivity contribution >= 4 is 68.9 Å². The highest BCUT2D eigenvalue weighted by molar-refractivity contribution is 6.44.